The van der Waals surface area contributed by atoms with Crippen molar-refractivity contribution in [2.24, 2.45) is 5.14 Å². The molecule has 9 heteroatoms. The third kappa shape index (κ3) is 6.02. The van der Waals surface area contributed by atoms with Crippen molar-refractivity contribution in [2.45, 2.75) is 17.9 Å². The van der Waals surface area contributed by atoms with Crippen molar-refractivity contribution in [3.8, 4) is 0 Å². The number of anilines is 1. The molecule has 0 radical (unpaired) electrons. The number of amides is 1. The van der Waals surface area contributed by atoms with Gasteiger partial charge in [0.2, 0.25) is 15.9 Å². The monoisotopic (exact) mass is 471 g/mol. The number of nitrogens with one attached hydrogen (secondary N) is 2. The molecule has 4 N–H and O–H groups in total. The lowest BCUT2D eigenvalue weighted by Gasteiger charge is -2.16. The first kappa shape index (κ1) is 23.6. The van der Waals surface area contributed by atoms with Crippen molar-refractivity contribution in [2.75, 3.05) is 11.9 Å². The largest absolute Gasteiger partial charge is 0.324 e. The molecule has 3 aromatic carbocycles. The van der Waals surface area contributed by atoms with Crippen LogP contribution in [0, 0.1) is 0 Å². The van der Waals surface area contributed by atoms with E-state index in [0.717, 1.165) is 5.56 Å². The fourth-order valence-electron chi connectivity index (χ4n) is 3.06. The molecule has 32 heavy (non-hydrogen) atoms. The molecule has 3 rings (SSSR count). The Balaban J connectivity index is 1.67. The van der Waals surface area contributed by atoms with Gasteiger partial charge in [0.05, 0.1) is 17.1 Å². The van der Waals surface area contributed by atoms with E-state index >= 15 is 0 Å². The summed E-state index contributed by atoms with van der Waals surface area (Å²) in [4.78, 5) is 25.4. The molecule has 0 unspecified atom stereocenters. The third-order valence-corrected chi connectivity index (χ3v) is 5.98. The topological polar surface area (TPSA) is 118 Å². The van der Waals surface area contributed by atoms with Crippen LogP contribution in [0.25, 0.3) is 0 Å². The summed E-state index contributed by atoms with van der Waals surface area (Å²) in [7, 11) is -3.76. The highest BCUT2D eigenvalue weighted by atomic mass is 35.5. The number of primary sulfonamides is 1. The fourth-order valence-corrected chi connectivity index (χ4v) is 3.75. The van der Waals surface area contributed by atoms with Gasteiger partial charge in [-0.2, -0.15) is 0 Å². The van der Waals surface area contributed by atoms with Crippen molar-refractivity contribution in [1.29, 1.82) is 0 Å². The van der Waals surface area contributed by atoms with Gasteiger partial charge in [-0.05, 0) is 42.8 Å². The van der Waals surface area contributed by atoms with E-state index in [2.05, 4.69) is 10.6 Å². The minimum Gasteiger partial charge on any atom is -0.324 e. The zero-order chi connectivity index (χ0) is 23.3. The van der Waals surface area contributed by atoms with E-state index in [1.54, 1.807) is 48.5 Å². The number of rotatable bonds is 8. The van der Waals surface area contributed by atoms with Crippen LogP contribution in [0.2, 0.25) is 5.02 Å². The maximum Gasteiger partial charge on any atom is 0.238 e. The minimum atomic E-state index is -3.76. The maximum absolute atomic E-state index is 12.9. The minimum absolute atomic E-state index is 0.0181. The maximum atomic E-state index is 12.9. The molecule has 7 nitrogen and oxygen atoms in total. The molecule has 0 bridgehead atoms. The van der Waals surface area contributed by atoms with Gasteiger partial charge in [0.15, 0.2) is 5.78 Å². The molecule has 0 heterocycles. The number of nitrogens with two attached hydrogens (primary N) is 1. The standard InChI is InChI=1S/C23H22ClN3O4S/c1-15(16-7-10-19(11-8-16)32(25,30)31)26-14-22(28)27-21-12-9-18(24)13-20(21)23(29)17-5-3-2-4-6-17/h2-13,15,26H,14H2,1H3,(H,27,28)(H2,25,30,31)/t15-/m0/s1. The van der Waals surface area contributed by atoms with E-state index in [0.29, 0.717) is 21.8 Å². The van der Waals surface area contributed by atoms with Gasteiger partial charge in [0.25, 0.3) is 0 Å². The average Bonchev–Trinajstić information content (AvgIpc) is 2.78. The van der Waals surface area contributed by atoms with Gasteiger partial charge in [-0.25, -0.2) is 13.6 Å². The lowest BCUT2D eigenvalue weighted by atomic mass is 10.0. The highest BCUT2D eigenvalue weighted by Gasteiger charge is 2.17. The van der Waals surface area contributed by atoms with Crippen LogP contribution >= 0.6 is 11.6 Å². The molecule has 0 aliphatic heterocycles. The molecule has 166 valence electrons. The van der Waals surface area contributed by atoms with Gasteiger partial charge in [-0.15, -0.1) is 0 Å². The molecular weight excluding hydrogens is 450 g/mol. The molecule has 0 aliphatic rings. The van der Waals surface area contributed by atoms with Crippen LogP contribution in [0.3, 0.4) is 0 Å². The third-order valence-electron chi connectivity index (χ3n) is 4.81. The van der Waals surface area contributed by atoms with E-state index in [9.17, 15) is 18.0 Å². The van der Waals surface area contributed by atoms with Crippen LogP contribution < -0.4 is 15.8 Å². The summed E-state index contributed by atoms with van der Waals surface area (Å²) < 4.78 is 22.7. The van der Waals surface area contributed by atoms with Crippen LogP contribution in [0.4, 0.5) is 5.69 Å². The summed E-state index contributed by atoms with van der Waals surface area (Å²) in [5.41, 5.74) is 1.93. The first-order chi connectivity index (χ1) is 15.1. The number of halogens is 1. The van der Waals surface area contributed by atoms with E-state index in [-0.39, 0.29) is 29.2 Å². The lowest BCUT2D eigenvalue weighted by molar-refractivity contribution is -0.115. The molecule has 1 atom stereocenters. The summed E-state index contributed by atoms with van der Waals surface area (Å²) in [6, 6.07) is 19.3. The van der Waals surface area contributed by atoms with Gasteiger partial charge in [0.1, 0.15) is 0 Å². The Hall–Kier alpha value is -3.04. The zero-order valence-electron chi connectivity index (χ0n) is 17.2. The van der Waals surface area contributed by atoms with Gasteiger partial charge in [-0.3, -0.25) is 9.59 Å². The smallest absolute Gasteiger partial charge is 0.238 e. The normalized spacial score (nSPS) is 12.2. The van der Waals surface area contributed by atoms with Gasteiger partial charge < -0.3 is 10.6 Å². The zero-order valence-corrected chi connectivity index (χ0v) is 18.8. The molecule has 3 aromatic rings. The van der Waals surface area contributed by atoms with Crippen molar-refractivity contribution in [3.63, 3.8) is 0 Å². The molecule has 1 amide bonds. The Morgan fingerprint density at radius 1 is 1.00 bits per heavy atom. The predicted molar refractivity (Wildman–Crippen MR) is 124 cm³/mol. The summed E-state index contributed by atoms with van der Waals surface area (Å²) in [5.74, 6) is -0.595. The number of ketones is 1. The Labute approximate surface area is 191 Å². The number of carbonyl (C=O) groups excluding carboxylic acids is 2. The van der Waals surface area contributed by atoms with Crippen LogP contribution in [0.15, 0.2) is 77.7 Å². The van der Waals surface area contributed by atoms with Crippen LogP contribution in [-0.2, 0) is 14.8 Å². The second-order valence-electron chi connectivity index (χ2n) is 7.15. The van der Waals surface area contributed by atoms with Gasteiger partial charge in [-0.1, -0.05) is 54.1 Å². The van der Waals surface area contributed by atoms with E-state index < -0.39 is 10.0 Å². The molecule has 0 aromatic heterocycles. The molecule has 0 fully saturated rings. The molecule has 0 spiro atoms. The summed E-state index contributed by atoms with van der Waals surface area (Å²) in [5, 5.41) is 11.3. The highest BCUT2D eigenvalue weighted by Crippen LogP contribution is 2.24. The Morgan fingerprint density at radius 3 is 2.28 bits per heavy atom. The molecule has 0 saturated carbocycles. The second-order valence-corrected chi connectivity index (χ2v) is 9.15. The number of carbonyl (C=O) groups is 2. The van der Waals surface area contributed by atoms with Gasteiger partial charge in [0, 0.05) is 22.2 Å². The summed E-state index contributed by atoms with van der Waals surface area (Å²) in [6.45, 7) is 1.81. The summed E-state index contributed by atoms with van der Waals surface area (Å²) in [6.07, 6.45) is 0. The quantitative estimate of drug-likeness (QED) is 0.434. The van der Waals surface area contributed by atoms with E-state index in [1.807, 2.05) is 13.0 Å². The Bertz CT molecular complexity index is 1230. The van der Waals surface area contributed by atoms with Crippen molar-refractivity contribution in [1.82, 2.24) is 5.32 Å². The second kappa shape index (κ2) is 10.1. The average molecular weight is 472 g/mol. The molecule has 0 aliphatic carbocycles. The first-order valence-electron chi connectivity index (χ1n) is 9.70. The number of benzene rings is 3. The Morgan fingerprint density at radius 2 is 1.66 bits per heavy atom. The first-order valence-corrected chi connectivity index (χ1v) is 11.6. The SMILES string of the molecule is C[C@H](NCC(=O)Nc1ccc(Cl)cc1C(=O)c1ccccc1)c1ccc(S(N)(=O)=O)cc1. The van der Waals surface area contributed by atoms with Gasteiger partial charge >= 0.3 is 0 Å². The Kier molecular flexibility index (Phi) is 7.42. The molecule has 0 saturated heterocycles. The number of hydrogen-bond acceptors (Lipinski definition) is 5. The number of hydrogen-bond donors (Lipinski definition) is 3. The highest BCUT2D eigenvalue weighted by molar-refractivity contribution is 7.89. The number of sulfonamides is 1. The van der Waals surface area contributed by atoms with Crippen molar-refractivity contribution >= 4 is 39.0 Å². The van der Waals surface area contributed by atoms with E-state index in [4.69, 9.17) is 16.7 Å². The van der Waals surface area contributed by atoms with Crippen molar-refractivity contribution < 1.29 is 18.0 Å². The fraction of sp³-hybridized carbons (Fsp3) is 0.130. The van der Waals surface area contributed by atoms with Crippen LogP contribution in [-0.4, -0.2) is 26.7 Å². The van der Waals surface area contributed by atoms with Crippen molar-refractivity contribution in [3.05, 3.63) is 94.5 Å². The van der Waals surface area contributed by atoms with Crippen LogP contribution in [0.5, 0.6) is 0 Å². The summed E-state index contributed by atoms with van der Waals surface area (Å²) >= 11 is 6.07. The van der Waals surface area contributed by atoms with Crippen LogP contribution in [0.1, 0.15) is 34.5 Å². The molecular formula is C23H22ClN3O4S. The predicted octanol–water partition coefficient (Wildman–Crippen LogP) is 3.51. The van der Waals surface area contributed by atoms with E-state index in [1.165, 1.54) is 18.2 Å². The lowest BCUT2D eigenvalue weighted by Crippen LogP contribution is -2.30.